The molecular weight excluding hydrogens is 340 g/mol. The number of anilines is 1. The average molecular weight is 358 g/mol. The van der Waals surface area contributed by atoms with Crippen molar-refractivity contribution in [3.63, 3.8) is 0 Å². The molecule has 0 aliphatic rings. The Bertz CT molecular complexity index is 965. The number of para-hydroxylation sites is 3. The van der Waals surface area contributed by atoms with Gasteiger partial charge in [-0.1, -0.05) is 36.4 Å². The largest absolute Gasteiger partial charge is 0.481 e. The summed E-state index contributed by atoms with van der Waals surface area (Å²) in [5, 5.41) is 11.8. The van der Waals surface area contributed by atoms with Gasteiger partial charge in [-0.15, -0.1) is 0 Å². The first-order chi connectivity index (χ1) is 13.2. The number of rotatable bonds is 6. The molecule has 0 saturated heterocycles. The third-order valence-electron chi connectivity index (χ3n) is 3.76. The highest BCUT2D eigenvalue weighted by Crippen LogP contribution is 2.29. The summed E-state index contributed by atoms with van der Waals surface area (Å²) in [5.41, 5.74) is 1.02. The maximum Gasteiger partial charge on any atom is 0.265 e. The number of benzene rings is 3. The van der Waals surface area contributed by atoms with Crippen LogP contribution in [-0.2, 0) is 4.79 Å². The molecule has 134 valence electrons. The van der Waals surface area contributed by atoms with Crippen molar-refractivity contribution in [2.24, 2.45) is 0 Å². The number of carbonyl (C=O) groups is 1. The number of nitrogens with zero attached hydrogens (tertiary/aromatic N) is 1. The van der Waals surface area contributed by atoms with Crippen molar-refractivity contribution in [2.45, 2.75) is 13.0 Å². The zero-order valence-corrected chi connectivity index (χ0v) is 14.8. The highest BCUT2D eigenvalue weighted by Gasteiger charge is 2.17. The Balaban J connectivity index is 1.69. The lowest BCUT2D eigenvalue weighted by molar-refractivity contribution is -0.122. The molecule has 0 fully saturated rings. The van der Waals surface area contributed by atoms with Crippen molar-refractivity contribution in [3.8, 4) is 23.3 Å². The fourth-order valence-corrected chi connectivity index (χ4v) is 2.41. The van der Waals surface area contributed by atoms with Gasteiger partial charge in [0.25, 0.3) is 5.91 Å². The Morgan fingerprint density at radius 3 is 2.44 bits per heavy atom. The van der Waals surface area contributed by atoms with Crippen LogP contribution in [0.1, 0.15) is 12.5 Å². The molecule has 27 heavy (non-hydrogen) atoms. The van der Waals surface area contributed by atoms with Crippen molar-refractivity contribution < 1.29 is 14.3 Å². The van der Waals surface area contributed by atoms with Crippen molar-refractivity contribution in [2.75, 3.05) is 5.32 Å². The van der Waals surface area contributed by atoms with E-state index in [0.29, 0.717) is 28.5 Å². The van der Waals surface area contributed by atoms with Crippen LogP contribution in [0.4, 0.5) is 5.69 Å². The molecular formula is C22H18N2O3. The molecule has 0 aliphatic carbocycles. The van der Waals surface area contributed by atoms with E-state index >= 15 is 0 Å². The number of nitrogens with one attached hydrogen (secondary N) is 1. The monoisotopic (exact) mass is 358 g/mol. The number of amides is 1. The molecule has 0 aromatic heterocycles. The summed E-state index contributed by atoms with van der Waals surface area (Å²) in [6.45, 7) is 1.65. The molecule has 0 bridgehead atoms. The second kappa shape index (κ2) is 8.54. The molecule has 0 radical (unpaired) electrons. The minimum Gasteiger partial charge on any atom is -0.481 e. The van der Waals surface area contributed by atoms with Gasteiger partial charge in [-0.05, 0) is 49.4 Å². The van der Waals surface area contributed by atoms with E-state index in [9.17, 15) is 4.79 Å². The Hall–Kier alpha value is -3.78. The lowest BCUT2D eigenvalue weighted by atomic mass is 10.2. The van der Waals surface area contributed by atoms with Gasteiger partial charge in [-0.25, -0.2) is 0 Å². The van der Waals surface area contributed by atoms with Gasteiger partial charge in [0.2, 0.25) is 0 Å². The molecule has 5 heteroatoms. The first-order valence-corrected chi connectivity index (χ1v) is 8.45. The molecule has 1 amide bonds. The SMILES string of the molecule is CC(Oc1cccc(C#N)c1)C(=O)Nc1ccccc1Oc1ccccc1. The van der Waals surface area contributed by atoms with Crippen LogP contribution in [0.15, 0.2) is 78.9 Å². The zero-order chi connectivity index (χ0) is 19.1. The lowest BCUT2D eigenvalue weighted by Crippen LogP contribution is -2.30. The first-order valence-electron chi connectivity index (χ1n) is 8.45. The molecule has 3 aromatic rings. The smallest absolute Gasteiger partial charge is 0.265 e. The number of carbonyl (C=O) groups excluding carboxylic acids is 1. The van der Waals surface area contributed by atoms with Crippen molar-refractivity contribution in [1.29, 1.82) is 5.26 Å². The van der Waals surface area contributed by atoms with E-state index in [1.165, 1.54) is 0 Å². The van der Waals surface area contributed by atoms with Crippen LogP contribution < -0.4 is 14.8 Å². The minimum atomic E-state index is -0.747. The fourth-order valence-electron chi connectivity index (χ4n) is 2.41. The maximum atomic E-state index is 12.5. The van der Waals surface area contributed by atoms with E-state index in [1.807, 2.05) is 48.5 Å². The average Bonchev–Trinajstić information content (AvgIpc) is 2.70. The van der Waals surface area contributed by atoms with E-state index in [1.54, 1.807) is 43.3 Å². The second-order valence-corrected chi connectivity index (χ2v) is 5.80. The summed E-state index contributed by atoms with van der Waals surface area (Å²) in [6.07, 6.45) is -0.747. The Labute approximate surface area is 157 Å². The van der Waals surface area contributed by atoms with E-state index in [-0.39, 0.29) is 5.91 Å². The Morgan fingerprint density at radius 1 is 0.963 bits per heavy atom. The van der Waals surface area contributed by atoms with Gasteiger partial charge in [0.05, 0.1) is 17.3 Å². The highest BCUT2D eigenvalue weighted by atomic mass is 16.5. The van der Waals surface area contributed by atoms with Crippen molar-refractivity contribution >= 4 is 11.6 Å². The van der Waals surface area contributed by atoms with E-state index in [4.69, 9.17) is 14.7 Å². The van der Waals surface area contributed by atoms with E-state index in [0.717, 1.165) is 0 Å². The summed E-state index contributed by atoms with van der Waals surface area (Å²) >= 11 is 0. The van der Waals surface area contributed by atoms with Gasteiger partial charge in [0.1, 0.15) is 11.5 Å². The van der Waals surface area contributed by atoms with Crippen molar-refractivity contribution in [3.05, 3.63) is 84.4 Å². The Morgan fingerprint density at radius 2 is 1.67 bits per heavy atom. The van der Waals surface area contributed by atoms with Crippen molar-refractivity contribution in [1.82, 2.24) is 0 Å². The molecule has 0 heterocycles. The molecule has 3 rings (SSSR count). The summed E-state index contributed by atoms with van der Waals surface area (Å²) in [6, 6.07) is 25.3. The van der Waals surface area contributed by atoms with Crippen LogP contribution in [0.2, 0.25) is 0 Å². The molecule has 0 saturated carbocycles. The standard InChI is InChI=1S/C22H18N2O3/c1-16(26-19-11-7-8-17(14-19)15-23)22(25)24-20-12-5-6-13-21(20)27-18-9-3-2-4-10-18/h2-14,16H,1H3,(H,24,25). The number of ether oxygens (including phenoxy) is 2. The molecule has 1 N–H and O–H groups in total. The second-order valence-electron chi connectivity index (χ2n) is 5.80. The minimum absolute atomic E-state index is 0.318. The van der Waals surface area contributed by atoms with Gasteiger partial charge in [-0.3, -0.25) is 4.79 Å². The predicted molar refractivity (Wildman–Crippen MR) is 103 cm³/mol. The van der Waals surface area contributed by atoms with Crippen LogP contribution in [0, 0.1) is 11.3 Å². The topological polar surface area (TPSA) is 71.3 Å². The maximum absolute atomic E-state index is 12.5. The van der Waals surface area contributed by atoms with Gasteiger partial charge < -0.3 is 14.8 Å². The Kier molecular flexibility index (Phi) is 5.70. The van der Waals surface area contributed by atoms with Crippen LogP contribution in [-0.4, -0.2) is 12.0 Å². The number of nitriles is 1. The summed E-state index contributed by atoms with van der Waals surface area (Å²) in [5.74, 6) is 1.36. The van der Waals surface area contributed by atoms with Gasteiger partial charge in [-0.2, -0.15) is 5.26 Å². The van der Waals surface area contributed by atoms with E-state index < -0.39 is 6.10 Å². The highest BCUT2D eigenvalue weighted by molar-refractivity contribution is 5.95. The number of hydrogen-bond acceptors (Lipinski definition) is 4. The normalized spacial score (nSPS) is 11.1. The molecule has 1 atom stereocenters. The molecule has 3 aromatic carbocycles. The zero-order valence-electron chi connectivity index (χ0n) is 14.8. The predicted octanol–water partition coefficient (Wildman–Crippen LogP) is 4.76. The van der Waals surface area contributed by atoms with Gasteiger partial charge in [0, 0.05) is 0 Å². The quantitative estimate of drug-likeness (QED) is 0.690. The molecule has 5 nitrogen and oxygen atoms in total. The fraction of sp³-hybridized carbons (Fsp3) is 0.0909. The third kappa shape index (κ3) is 4.86. The molecule has 0 spiro atoms. The van der Waals surface area contributed by atoms with Gasteiger partial charge in [0.15, 0.2) is 11.9 Å². The molecule has 0 aliphatic heterocycles. The van der Waals surface area contributed by atoms with Crippen LogP contribution in [0.5, 0.6) is 17.2 Å². The van der Waals surface area contributed by atoms with Crippen LogP contribution in [0.25, 0.3) is 0 Å². The van der Waals surface area contributed by atoms with Crippen LogP contribution in [0.3, 0.4) is 0 Å². The summed E-state index contributed by atoms with van der Waals surface area (Å²) in [4.78, 5) is 12.5. The first kappa shape index (κ1) is 18.0. The lowest BCUT2D eigenvalue weighted by Gasteiger charge is -2.17. The summed E-state index contributed by atoms with van der Waals surface area (Å²) < 4.78 is 11.5. The molecule has 1 unspecified atom stereocenters. The van der Waals surface area contributed by atoms with E-state index in [2.05, 4.69) is 5.32 Å². The van der Waals surface area contributed by atoms with Gasteiger partial charge >= 0.3 is 0 Å². The third-order valence-corrected chi connectivity index (χ3v) is 3.76. The summed E-state index contributed by atoms with van der Waals surface area (Å²) in [7, 11) is 0. The number of hydrogen-bond donors (Lipinski definition) is 1. The van der Waals surface area contributed by atoms with Crippen LogP contribution >= 0.6 is 0 Å².